The third-order valence-electron chi connectivity index (χ3n) is 3.18. The molecule has 6 heteroatoms. The summed E-state index contributed by atoms with van der Waals surface area (Å²) in [7, 11) is 1.70. The Labute approximate surface area is 122 Å². The van der Waals surface area contributed by atoms with Gasteiger partial charge < -0.3 is 11.1 Å². The van der Waals surface area contributed by atoms with Crippen LogP contribution in [0, 0.1) is 6.92 Å². The predicted molar refractivity (Wildman–Crippen MR) is 79.7 cm³/mol. The van der Waals surface area contributed by atoms with E-state index in [1.54, 1.807) is 20.0 Å². The number of aryl methyl sites for hydroxylation is 2. The maximum atomic E-state index is 12.3. The Morgan fingerprint density at radius 1 is 1.50 bits per heavy atom. The lowest BCUT2D eigenvalue weighted by Crippen LogP contribution is -2.29. The molecule has 0 aliphatic heterocycles. The standard InChI is InChI=1S/C14H17ClN4O/c1-8(10-5-4-6-11(15)7-10)17-14(20)13-12(16)9(2)18-19(13)3/h4-8H,16H2,1-3H3,(H,17,20). The molecule has 2 rings (SSSR count). The van der Waals surface area contributed by atoms with Crippen molar-refractivity contribution in [3.8, 4) is 0 Å². The van der Waals surface area contributed by atoms with Gasteiger partial charge in [0.05, 0.1) is 17.4 Å². The number of amides is 1. The number of nitrogens with one attached hydrogen (secondary N) is 1. The molecule has 0 saturated carbocycles. The first kappa shape index (κ1) is 14.4. The number of aromatic nitrogens is 2. The Morgan fingerprint density at radius 2 is 2.20 bits per heavy atom. The van der Waals surface area contributed by atoms with Crippen molar-refractivity contribution in [2.45, 2.75) is 19.9 Å². The van der Waals surface area contributed by atoms with E-state index < -0.39 is 0 Å². The van der Waals surface area contributed by atoms with Crippen molar-refractivity contribution in [2.75, 3.05) is 5.73 Å². The highest BCUT2D eigenvalue weighted by molar-refractivity contribution is 6.30. The maximum absolute atomic E-state index is 12.3. The van der Waals surface area contributed by atoms with Crippen molar-refractivity contribution in [1.29, 1.82) is 0 Å². The molecule has 0 fully saturated rings. The highest BCUT2D eigenvalue weighted by Crippen LogP contribution is 2.20. The smallest absolute Gasteiger partial charge is 0.272 e. The van der Waals surface area contributed by atoms with E-state index in [0.717, 1.165) is 5.56 Å². The number of anilines is 1. The zero-order chi connectivity index (χ0) is 14.9. The van der Waals surface area contributed by atoms with Crippen molar-refractivity contribution in [3.05, 3.63) is 46.2 Å². The predicted octanol–water partition coefficient (Wildman–Crippen LogP) is 2.46. The van der Waals surface area contributed by atoms with Crippen molar-refractivity contribution < 1.29 is 4.79 Å². The summed E-state index contributed by atoms with van der Waals surface area (Å²) in [5, 5.41) is 7.67. The molecule has 0 saturated heterocycles. The largest absolute Gasteiger partial charge is 0.395 e. The van der Waals surface area contributed by atoms with Crippen LogP contribution in [0.3, 0.4) is 0 Å². The van der Waals surface area contributed by atoms with Gasteiger partial charge in [0.15, 0.2) is 0 Å². The van der Waals surface area contributed by atoms with Crippen molar-refractivity contribution in [2.24, 2.45) is 7.05 Å². The summed E-state index contributed by atoms with van der Waals surface area (Å²) in [5.74, 6) is -0.252. The van der Waals surface area contributed by atoms with Gasteiger partial charge in [-0.25, -0.2) is 0 Å². The molecule has 20 heavy (non-hydrogen) atoms. The molecule has 0 aliphatic rings. The Kier molecular flexibility index (Phi) is 3.99. The normalized spacial score (nSPS) is 12.2. The number of rotatable bonds is 3. The van der Waals surface area contributed by atoms with Crippen LogP contribution in [0.25, 0.3) is 0 Å². The quantitative estimate of drug-likeness (QED) is 0.912. The van der Waals surface area contributed by atoms with Gasteiger partial charge in [0.25, 0.3) is 5.91 Å². The molecule has 0 spiro atoms. The summed E-state index contributed by atoms with van der Waals surface area (Å²) >= 11 is 5.95. The molecule has 5 nitrogen and oxygen atoms in total. The topological polar surface area (TPSA) is 72.9 Å². The highest BCUT2D eigenvalue weighted by Gasteiger charge is 2.19. The van der Waals surface area contributed by atoms with E-state index in [1.807, 2.05) is 25.1 Å². The Balaban J connectivity index is 2.19. The number of carbonyl (C=O) groups excluding carboxylic acids is 1. The monoisotopic (exact) mass is 292 g/mol. The molecule has 1 aromatic heterocycles. The third kappa shape index (κ3) is 2.77. The van der Waals surface area contributed by atoms with E-state index in [9.17, 15) is 4.79 Å². The Bertz CT molecular complexity index is 651. The zero-order valence-corrected chi connectivity index (χ0v) is 12.4. The molecule has 0 radical (unpaired) electrons. The summed E-state index contributed by atoms with van der Waals surface area (Å²) in [5.41, 5.74) is 8.24. The SMILES string of the molecule is Cc1nn(C)c(C(=O)NC(C)c2cccc(Cl)c2)c1N. The van der Waals surface area contributed by atoms with Crippen LogP contribution in [-0.4, -0.2) is 15.7 Å². The van der Waals surface area contributed by atoms with Crippen LogP contribution in [0.1, 0.15) is 34.7 Å². The molecule has 0 aliphatic carbocycles. The van der Waals surface area contributed by atoms with Gasteiger partial charge in [0.1, 0.15) is 5.69 Å². The zero-order valence-electron chi connectivity index (χ0n) is 11.6. The van der Waals surface area contributed by atoms with E-state index in [4.69, 9.17) is 17.3 Å². The molecule has 1 atom stereocenters. The number of nitrogen functional groups attached to an aromatic ring is 1. The minimum atomic E-state index is -0.252. The second-order valence-electron chi connectivity index (χ2n) is 4.72. The molecule has 1 unspecified atom stereocenters. The van der Waals surface area contributed by atoms with Crippen LogP contribution in [0.15, 0.2) is 24.3 Å². The van der Waals surface area contributed by atoms with Crippen LogP contribution >= 0.6 is 11.6 Å². The van der Waals surface area contributed by atoms with Crippen LogP contribution in [0.4, 0.5) is 5.69 Å². The van der Waals surface area contributed by atoms with Gasteiger partial charge in [-0.2, -0.15) is 5.10 Å². The van der Waals surface area contributed by atoms with Crippen molar-refractivity contribution in [3.63, 3.8) is 0 Å². The van der Waals surface area contributed by atoms with Crippen molar-refractivity contribution >= 4 is 23.2 Å². The fourth-order valence-electron chi connectivity index (χ4n) is 2.07. The highest BCUT2D eigenvalue weighted by atomic mass is 35.5. The molecular formula is C14H17ClN4O. The minimum Gasteiger partial charge on any atom is -0.395 e. The second kappa shape index (κ2) is 5.54. The number of nitrogens with two attached hydrogens (primary N) is 1. The summed E-state index contributed by atoms with van der Waals surface area (Å²) < 4.78 is 1.49. The van der Waals surface area contributed by atoms with Crippen LogP contribution in [-0.2, 0) is 7.05 Å². The van der Waals surface area contributed by atoms with Crippen LogP contribution in [0.2, 0.25) is 5.02 Å². The number of nitrogens with zero attached hydrogens (tertiary/aromatic N) is 2. The summed E-state index contributed by atoms with van der Waals surface area (Å²) in [6.45, 7) is 3.66. The fourth-order valence-corrected chi connectivity index (χ4v) is 2.27. The van der Waals surface area contributed by atoms with Gasteiger partial charge in [0.2, 0.25) is 0 Å². The number of hydrogen-bond acceptors (Lipinski definition) is 3. The Morgan fingerprint density at radius 3 is 2.75 bits per heavy atom. The molecule has 1 aromatic carbocycles. The van der Waals surface area contributed by atoms with Gasteiger partial charge in [-0.15, -0.1) is 0 Å². The molecule has 3 N–H and O–H groups in total. The third-order valence-corrected chi connectivity index (χ3v) is 3.41. The number of halogens is 1. The van der Waals surface area contributed by atoms with Crippen LogP contribution in [0.5, 0.6) is 0 Å². The van der Waals surface area contributed by atoms with E-state index in [2.05, 4.69) is 10.4 Å². The van der Waals surface area contributed by atoms with Gasteiger partial charge in [-0.3, -0.25) is 9.48 Å². The van der Waals surface area contributed by atoms with Gasteiger partial charge in [-0.1, -0.05) is 23.7 Å². The first-order chi connectivity index (χ1) is 9.40. The van der Waals surface area contributed by atoms with Gasteiger partial charge in [0, 0.05) is 12.1 Å². The Hall–Kier alpha value is -2.01. The van der Waals surface area contributed by atoms with Gasteiger partial charge >= 0.3 is 0 Å². The summed E-state index contributed by atoms with van der Waals surface area (Å²) in [6, 6.07) is 7.21. The summed E-state index contributed by atoms with van der Waals surface area (Å²) in [6.07, 6.45) is 0. The fraction of sp³-hybridized carbons (Fsp3) is 0.286. The molecule has 106 valence electrons. The summed E-state index contributed by atoms with van der Waals surface area (Å²) in [4.78, 5) is 12.3. The molecular weight excluding hydrogens is 276 g/mol. The lowest BCUT2D eigenvalue weighted by atomic mass is 10.1. The van der Waals surface area contributed by atoms with Crippen molar-refractivity contribution in [1.82, 2.24) is 15.1 Å². The first-order valence-corrected chi connectivity index (χ1v) is 6.63. The maximum Gasteiger partial charge on any atom is 0.272 e. The lowest BCUT2D eigenvalue weighted by Gasteiger charge is -2.15. The second-order valence-corrected chi connectivity index (χ2v) is 5.16. The molecule has 1 heterocycles. The first-order valence-electron chi connectivity index (χ1n) is 6.25. The van der Waals surface area contributed by atoms with E-state index >= 15 is 0 Å². The lowest BCUT2D eigenvalue weighted by molar-refractivity contribution is 0.0931. The average molecular weight is 293 g/mol. The number of carbonyl (C=O) groups is 1. The van der Waals surface area contributed by atoms with Crippen LogP contribution < -0.4 is 11.1 Å². The molecule has 0 bridgehead atoms. The van der Waals surface area contributed by atoms with E-state index in [0.29, 0.717) is 22.1 Å². The van der Waals surface area contributed by atoms with Gasteiger partial charge in [-0.05, 0) is 31.5 Å². The molecule has 1 amide bonds. The average Bonchev–Trinajstić information content (AvgIpc) is 2.63. The number of benzene rings is 1. The van der Waals surface area contributed by atoms with E-state index in [-0.39, 0.29) is 11.9 Å². The van der Waals surface area contributed by atoms with E-state index in [1.165, 1.54) is 4.68 Å². The molecule has 2 aromatic rings. The minimum absolute atomic E-state index is 0.171. The number of hydrogen-bond donors (Lipinski definition) is 2.